The molecule has 1 aromatic carbocycles. The molecule has 0 atom stereocenters. The summed E-state index contributed by atoms with van der Waals surface area (Å²) in [6, 6.07) is 4.99. The fraction of sp³-hybridized carbons (Fsp3) is 0.533. The lowest BCUT2D eigenvalue weighted by atomic mass is 9.76. The zero-order chi connectivity index (χ0) is 13.9. The van der Waals surface area contributed by atoms with E-state index in [0.29, 0.717) is 16.3 Å². The summed E-state index contributed by atoms with van der Waals surface area (Å²) in [4.78, 5) is 12.1. The molecule has 4 heteroatoms. The number of carbonyl (C=O) groups excluding carboxylic acids is 1. The highest BCUT2D eigenvalue weighted by Gasteiger charge is 2.27. The molecule has 0 unspecified atom stereocenters. The lowest BCUT2D eigenvalue weighted by molar-refractivity contribution is 0.0919. The topological polar surface area (TPSA) is 55.1 Å². The highest BCUT2D eigenvalue weighted by molar-refractivity contribution is 6.33. The molecule has 19 heavy (non-hydrogen) atoms. The number of benzene rings is 1. The Kier molecular flexibility index (Phi) is 4.35. The van der Waals surface area contributed by atoms with Crippen LogP contribution >= 0.6 is 11.6 Å². The number of nitrogens with two attached hydrogens (primary N) is 1. The second-order valence-corrected chi connectivity index (χ2v) is 6.20. The van der Waals surface area contributed by atoms with E-state index in [2.05, 4.69) is 12.2 Å². The first kappa shape index (κ1) is 14.2. The molecule has 1 amide bonds. The maximum atomic E-state index is 12.1. The van der Waals surface area contributed by atoms with E-state index in [0.717, 1.165) is 6.54 Å². The number of hydrogen-bond donors (Lipinski definition) is 2. The van der Waals surface area contributed by atoms with Crippen molar-refractivity contribution in [3.05, 3.63) is 28.8 Å². The molecule has 1 aliphatic rings. The Morgan fingerprint density at radius 2 is 2.05 bits per heavy atom. The van der Waals surface area contributed by atoms with E-state index in [9.17, 15) is 4.79 Å². The number of hydrogen-bond acceptors (Lipinski definition) is 2. The molecule has 1 aromatic rings. The van der Waals surface area contributed by atoms with E-state index in [4.69, 9.17) is 17.3 Å². The quantitative estimate of drug-likeness (QED) is 0.831. The molecular weight excluding hydrogens is 260 g/mol. The summed E-state index contributed by atoms with van der Waals surface area (Å²) in [7, 11) is 0. The summed E-state index contributed by atoms with van der Waals surface area (Å²) < 4.78 is 0. The summed E-state index contributed by atoms with van der Waals surface area (Å²) in [5, 5.41) is 3.44. The Balaban J connectivity index is 1.95. The molecule has 3 N–H and O–H groups in total. The standard InChI is InChI=1S/C15H21ClN2O/c1-15(7-3-2-4-8-15)10-18-14(19)11-5-6-13(17)12(16)9-11/h5-6,9H,2-4,7-8,10,17H2,1H3,(H,18,19). The van der Waals surface area contributed by atoms with Crippen LogP contribution in [-0.4, -0.2) is 12.5 Å². The molecule has 0 saturated heterocycles. The van der Waals surface area contributed by atoms with Crippen LogP contribution in [0.1, 0.15) is 49.4 Å². The molecule has 0 heterocycles. The highest BCUT2D eigenvalue weighted by Crippen LogP contribution is 2.35. The minimum atomic E-state index is -0.0753. The number of anilines is 1. The van der Waals surface area contributed by atoms with Crippen LogP contribution < -0.4 is 11.1 Å². The van der Waals surface area contributed by atoms with Gasteiger partial charge in [0, 0.05) is 12.1 Å². The van der Waals surface area contributed by atoms with E-state index < -0.39 is 0 Å². The van der Waals surface area contributed by atoms with Crippen LogP contribution in [0.5, 0.6) is 0 Å². The van der Waals surface area contributed by atoms with Crippen LogP contribution in [-0.2, 0) is 0 Å². The van der Waals surface area contributed by atoms with Crippen molar-refractivity contribution in [3.63, 3.8) is 0 Å². The summed E-state index contributed by atoms with van der Waals surface area (Å²) in [6.45, 7) is 2.98. The van der Waals surface area contributed by atoms with Gasteiger partial charge in [0.1, 0.15) is 0 Å². The normalized spacial score (nSPS) is 18.0. The van der Waals surface area contributed by atoms with Gasteiger partial charge in [-0.1, -0.05) is 37.8 Å². The van der Waals surface area contributed by atoms with Gasteiger partial charge in [-0.25, -0.2) is 0 Å². The van der Waals surface area contributed by atoms with Crippen molar-refractivity contribution in [1.29, 1.82) is 0 Å². The van der Waals surface area contributed by atoms with Crippen molar-refractivity contribution in [2.45, 2.75) is 39.0 Å². The second kappa shape index (κ2) is 5.83. The predicted molar refractivity (Wildman–Crippen MR) is 79.4 cm³/mol. The van der Waals surface area contributed by atoms with Gasteiger partial charge in [0.25, 0.3) is 5.91 Å². The van der Waals surface area contributed by atoms with Gasteiger partial charge >= 0.3 is 0 Å². The number of nitrogen functional groups attached to an aromatic ring is 1. The van der Waals surface area contributed by atoms with E-state index in [-0.39, 0.29) is 11.3 Å². The minimum absolute atomic E-state index is 0.0753. The third-order valence-electron chi connectivity index (χ3n) is 4.00. The molecule has 1 fully saturated rings. The first-order valence-corrected chi connectivity index (χ1v) is 7.21. The van der Waals surface area contributed by atoms with E-state index in [1.54, 1.807) is 18.2 Å². The van der Waals surface area contributed by atoms with Crippen molar-refractivity contribution in [3.8, 4) is 0 Å². The van der Waals surface area contributed by atoms with Crippen molar-refractivity contribution in [1.82, 2.24) is 5.32 Å². The van der Waals surface area contributed by atoms with Gasteiger partial charge in [-0.15, -0.1) is 0 Å². The fourth-order valence-electron chi connectivity index (χ4n) is 2.65. The third kappa shape index (κ3) is 3.63. The zero-order valence-corrected chi connectivity index (χ0v) is 12.1. The first-order chi connectivity index (χ1) is 9.00. The molecule has 1 saturated carbocycles. The van der Waals surface area contributed by atoms with Crippen LogP contribution in [0, 0.1) is 5.41 Å². The summed E-state index contributed by atoms with van der Waals surface area (Å²) in [5.74, 6) is -0.0753. The van der Waals surface area contributed by atoms with E-state index in [1.165, 1.54) is 32.1 Å². The molecule has 1 aliphatic carbocycles. The minimum Gasteiger partial charge on any atom is -0.398 e. The molecule has 2 rings (SSSR count). The van der Waals surface area contributed by atoms with Crippen molar-refractivity contribution >= 4 is 23.2 Å². The molecule has 0 spiro atoms. The van der Waals surface area contributed by atoms with Gasteiger partial charge in [0.05, 0.1) is 10.7 Å². The maximum Gasteiger partial charge on any atom is 0.251 e. The Morgan fingerprint density at radius 1 is 1.37 bits per heavy atom. The third-order valence-corrected chi connectivity index (χ3v) is 4.33. The monoisotopic (exact) mass is 280 g/mol. The van der Waals surface area contributed by atoms with E-state index >= 15 is 0 Å². The Hall–Kier alpha value is -1.22. The average molecular weight is 281 g/mol. The number of rotatable bonds is 3. The number of nitrogens with one attached hydrogen (secondary N) is 1. The van der Waals surface area contributed by atoms with Gasteiger partial charge in [-0.3, -0.25) is 4.79 Å². The van der Waals surface area contributed by atoms with Gasteiger partial charge in [0.2, 0.25) is 0 Å². The summed E-state index contributed by atoms with van der Waals surface area (Å²) >= 11 is 5.93. The fourth-order valence-corrected chi connectivity index (χ4v) is 2.83. The van der Waals surface area contributed by atoms with Crippen molar-refractivity contribution < 1.29 is 4.79 Å². The Bertz CT molecular complexity index is 467. The highest BCUT2D eigenvalue weighted by atomic mass is 35.5. The second-order valence-electron chi connectivity index (χ2n) is 5.79. The molecule has 0 aromatic heterocycles. The Morgan fingerprint density at radius 3 is 2.68 bits per heavy atom. The number of amides is 1. The van der Waals surface area contributed by atoms with Gasteiger partial charge in [-0.05, 0) is 36.5 Å². The number of carbonyl (C=O) groups is 1. The number of halogens is 1. The van der Waals surface area contributed by atoms with E-state index in [1.807, 2.05) is 0 Å². The van der Waals surface area contributed by atoms with Gasteiger partial charge < -0.3 is 11.1 Å². The predicted octanol–water partition coefficient (Wildman–Crippen LogP) is 3.62. The molecule has 0 bridgehead atoms. The SMILES string of the molecule is CC1(CNC(=O)c2ccc(N)c(Cl)c2)CCCCC1. The lowest BCUT2D eigenvalue weighted by Gasteiger charge is -2.33. The average Bonchev–Trinajstić information content (AvgIpc) is 2.40. The van der Waals surface area contributed by atoms with Gasteiger partial charge in [0.15, 0.2) is 0 Å². The first-order valence-electron chi connectivity index (χ1n) is 6.83. The van der Waals surface area contributed by atoms with Crippen LogP contribution in [0.2, 0.25) is 5.02 Å². The lowest BCUT2D eigenvalue weighted by Crippen LogP contribution is -2.37. The van der Waals surface area contributed by atoms with Crippen molar-refractivity contribution in [2.24, 2.45) is 5.41 Å². The van der Waals surface area contributed by atoms with Crippen LogP contribution in [0.3, 0.4) is 0 Å². The largest absolute Gasteiger partial charge is 0.398 e. The summed E-state index contributed by atoms with van der Waals surface area (Å²) in [5.41, 5.74) is 6.94. The molecular formula is C15H21ClN2O. The molecule has 0 aliphatic heterocycles. The molecule has 104 valence electrons. The molecule has 3 nitrogen and oxygen atoms in total. The van der Waals surface area contributed by atoms with Crippen molar-refractivity contribution in [2.75, 3.05) is 12.3 Å². The van der Waals surface area contributed by atoms with Crippen LogP contribution in [0.4, 0.5) is 5.69 Å². The smallest absolute Gasteiger partial charge is 0.251 e. The molecule has 0 radical (unpaired) electrons. The summed E-state index contributed by atoms with van der Waals surface area (Å²) in [6.07, 6.45) is 6.22. The zero-order valence-electron chi connectivity index (χ0n) is 11.3. The maximum absolute atomic E-state index is 12.1. The van der Waals surface area contributed by atoms with Gasteiger partial charge in [-0.2, -0.15) is 0 Å². The van der Waals surface area contributed by atoms with Crippen LogP contribution in [0.15, 0.2) is 18.2 Å². The Labute approximate surface area is 119 Å². The van der Waals surface area contributed by atoms with Crippen LogP contribution in [0.25, 0.3) is 0 Å².